The van der Waals surface area contributed by atoms with Gasteiger partial charge in [0.2, 0.25) is 0 Å². The van der Waals surface area contributed by atoms with E-state index in [9.17, 15) is 0 Å². The first-order valence-corrected chi connectivity index (χ1v) is 10.6. The van der Waals surface area contributed by atoms with Crippen molar-refractivity contribution in [1.82, 2.24) is 0 Å². The third kappa shape index (κ3) is 4.52. The van der Waals surface area contributed by atoms with E-state index >= 15 is 0 Å². The molecule has 0 aromatic heterocycles. The summed E-state index contributed by atoms with van der Waals surface area (Å²) in [5.41, 5.74) is 3.79. The molecular formula is C23H38. The summed E-state index contributed by atoms with van der Waals surface area (Å²) in [6.45, 7) is 6.34. The quantitative estimate of drug-likeness (QED) is 0.472. The van der Waals surface area contributed by atoms with Crippen LogP contribution in [0.3, 0.4) is 0 Å². The lowest BCUT2D eigenvalue weighted by atomic mass is 9.69. The van der Waals surface area contributed by atoms with Crippen LogP contribution in [-0.4, -0.2) is 0 Å². The zero-order valence-corrected chi connectivity index (χ0v) is 15.5. The molecule has 3 fully saturated rings. The smallest absolute Gasteiger partial charge is 0.0236 e. The minimum Gasteiger partial charge on any atom is -0.103 e. The first kappa shape index (κ1) is 17.3. The van der Waals surface area contributed by atoms with Gasteiger partial charge >= 0.3 is 0 Å². The lowest BCUT2D eigenvalue weighted by Gasteiger charge is -2.37. The van der Waals surface area contributed by atoms with Crippen LogP contribution in [0, 0.1) is 23.7 Å². The average Bonchev–Trinajstić information content (AvgIpc) is 2.63. The van der Waals surface area contributed by atoms with E-state index in [1.165, 1.54) is 89.9 Å². The van der Waals surface area contributed by atoms with E-state index in [1.807, 2.05) is 11.1 Å². The van der Waals surface area contributed by atoms with Gasteiger partial charge in [0.05, 0.1) is 0 Å². The van der Waals surface area contributed by atoms with Crippen molar-refractivity contribution in [3.63, 3.8) is 0 Å². The van der Waals surface area contributed by atoms with E-state index in [-0.39, 0.29) is 0 Å². The summed E-state index contributed by atoms with van der Waals surface area (Å²) in [7, 11) is 0. The van der Waals surface area contributed by atoms with Crippen molar-refractivity contribution in [1.29, 1.82) is 0 Å². The van der Waals surface area contributed by atoms with Gasteiger partial charge in [-0.25, -0.2) is 0 Å². The summed E-state index contributed by atoms with van der Waals surface area (Å²) < 4.78 is 0. The summed E-state index contributed by atoms with van der Waals surface area (Å²) in [5, 5.41) is 0. The van der Waals surface area contributed by atoms with Gasteiger partial charge in [0.25, 0.3) is 0 Å². The number of rotatable bonds is 4. The Kier molecular flexibility index (Phi) is 6.43. The van der Waals surface area contributed by atoms with Crippen molar-refractivity contribution in [2.45, 2.75) is 96.8 Å². The highest BCUT2D eigenvalue weighted by atomic mass is 14.3. The van der Waals surface area contributed by atoms with Gasteiger partial charge < -0.3 is 0 Å². The summed E-state index contributed by atoms with van der Waals surface area (Å²) >= 11 is 0. The number of hydrogen-bond donors (Lipinski definition) is 0. The summed E-state index contributed by atoms with van der Waals surface area (Å²) in [6.07, 6.45) is 22.6. The summed E-state index contributed by atoms with van der Waals surface area (Å²) in [6, 6.07) is 0. The molecule has 0 heteroatoms. The molecule has 0 amide bonds. The van der Waals surface area contributed by atoms with E-state index in [2.05, 4.69) is 19.6 Å². The predicted octanol–water partition coefficient (Wildman–Crippen LogP) is 7.46. The fourth-order valence-electron chi connectivity index (χ4n) is 5.74. The van der Waals surface area contributed by atoms with Crippen LogP contribution >= 0.6 is 0 Å². The van der Waals surface area contributed by atoms with Gasteiger partial charge in [-0.3, -0.25) is 0 Å². The van der Waals surface area contributed by atoms with Crippen LogP contribution in [0.15, 0.2) is 23.8 Å². The van der Waals surface area contributed by atoms with Crippen LogP contribution in [0.5, 0.6) is 0 Å². The molecule has 0 unspecified atom stereocenters. The molecule has 0 N–H and O–H groups in total. The molecule has 0 nitrogen and oxygen atoms in total. The third-order valence-corrected chi connectivity index (χ3v) is 7.36. The van der Waals surface area contributed by atoms with E-state index < -0.39 is 0 Å². The Morgan fingerprint density at radius 2 is 1.30 bits per heavy atom. The molecule has 0 atom stereocenters. The largest absolute Gasteiger partial charge is 0.103 e. The van der Waals surface area contributed by atoms with Crippen LogP contribution in [0.2, 0.25) is 0 Å². The van der Waals surface area contributed by atoms with Crippen LogP contribution in [0.25, 0.3) is 0 Å². The average molecular weight is 315 g/mol. The van der Waals surface area contributed by atoms with E-state index in [1.54, 1.807) is 0 Å². The lowest BCUT2D eigenvalue weighted by Crippen LogP contribution is -2.24. The molecule has 3 aliphatic rings. The molecule has 0 aromatic carbocycles. The van der Waals surface area contributed by atoms with E-state index in [0.717, 1.165) is 23.7 Å². The second kappa shape index (κ2) is 8.54. The maximum Gasteiger partial charge on any atom is -0.0236 e. The molecule has 130 valence electrons. The topological polar surface area (TPSA) is 0 Å². The minimum atomic E-state index is 0.825. The molecule has 3 rings (SSSR count). The summed E-state index contributed by atoms with van der Waals surface area (Å²) in [5.74, 6) is 3.95. The first-order chi connectivity index (χ1) is 11.3. The second-order valence-electron chi connectivity index (χ2n) is 8.69. The van der Waals surface area contributed by atoms with E-state index in [4.69, 9.17) is 0 Å². The van der Waals surface area contributed by atoms with Crippen LogP contribution < -0.4 is 0 Å². The minimum absolute atomic E-state index is 0.825. The lowest BCUT2D eigenvalue weighted by molar-refractivity contribution is 0.192. The highest BCUT2D eigenvalue weighted by Gasteiger charge is 2.29. The molecule has 3 aliphatic carbocycles. The maximum atomic E-state index is 3.99. The van der Waals surface area contributed by atoms with Crippen molar-refractivity contribution in [3.05, 3.63) is 23.8 Å². The Morgan fingerprint density at radius 1 is 0.783 bits per heavy atom. The van der Waals surface area contributed by atoms with Gasteiger partial charge in [-0.1, -0.05) is 37.0 Å². The van der Waals surface area contributed by atoms with Gasteiger partial charge in [-0.15, -0.1) is 6.58 Å². The molecule has 0 aromatic rings. The fourth-order valence-corrected chi connectivity index (χ4v) is 5.74. The first-order valence-electron chi connectivity index (χ1n) is 10.6. The van der Waals surface area contributed by atoms with Crippen molar-refractivity contribution in [3.8, 4) is 0 Å². The molecule has 23 heavy (non-hydrogen) atoms. The zero-order valence-electron chi connectivity index (χ0n) is 15.5. The van der Waals surface area contributed by atoms with Crippen molar-refractivity contribution >= 4 is 0 Å². The predicted molar refractivity (Wildman–Crippen MR) is 101 cm³/mol. The van der Waals surface area contributed by atoms with Crippen molar-refractivity contribution < 1.29 is 0 Å². The molecule has 0 radical (unpaired) electrons. The fraction of sp³-hybridized carbons (Fsp3) is 0.826. The Bertz CT molecular complexity index is 388. The van der Waals surface area contributed by atoms with Gasteiger partial charge in [-0.2, -0.15) is 0 Å². The standard InChI is InChI=1S/C23H38/c1-3-5-19-8-12-21(13-9-19)23-16-14-22(15-17-23)20-10-6-18(4-2)7-11-20/h4,18-20,22H,2-3,5-17H2,1H3. The number of hydrogen-bond acceptors (Lipinski definition) is 0. The molecular weight excluding hydrogens is 276 g/mol. The van der Waals surface area contributed by atoms with Crippen molar-refractivity contribution in [2.24, 2.45) is 23.7 Å². The van der Waals surface area contributed by atoms with Crippen molar-refractivity contribution in [2.75, 3.05) is 0 Å². The molecule has 0 saturated heterocycles. The normalized spacial score (nSPS) is 36.0. The van der Waals surface area contributed by atoms with E-state index in [0.29, 0.717) is 0 Å². The van der Waals surface area contributed by atoms with Gasteiger partial charge in [0.1, 0.15) is 0 Å². The second-order valence-corrected chi connectivity index (χ2v) is 8.69. The van der Waals surface area contributed by atoms with Gasteiger partial charge in [-0.05, 0) is 101 Å². The highest BCUT2D eigenvalue weighted by molar-refractivity contribution is 5.18. The SMILES string of the molecule is C=CC1CCC(C2CCC(=C3CCC(CCC)CC3)CC2)CC1. The Balaban J connectivity index is 1.45. The molecule has 3 saturated carbocycles. The molecule has 0 spiro atoms. The van der Waals surface area contributed by atoms with Gasteiger partial charge in [0, 0.05) is 0 Å². The van der Waals surface area contributed by atoms with Gasteiger partial charge in [0.15, 0.2) is 0 Å². The van der Waals surface area contributed by atoms with Crippen LogP contribution in [0.1, 0.15) is 96.8 Å². The van der Waals surface area contributed by atoms with Crippen LogP contribution in [-0.2, 0) is 0 Å². The molecule has 0 heterocycles. The summed E-state index contributed by atoms with van der Waals surface area (Å²) in [4.78, 5) is 0. The Labute approximate surface area is 144 Å². The third-order valence-electron chi connectivity index (χ3n) is 7.36. The molecule has 0 bridgehead atoms. The Hall–Kier alpha value is -0.520. The Morgan fingerprint density at radius 3 is 1.83 bits per heavy atom. The van der Waals surface area contributed by atoms with Crippen LogP contribution in [0.4, 0.5) is 0 Å². The highest BCUT2D eigenvalue weighted by Crippen LogP contribution is 2.43. The number of allylic oxidation sites excluding steroid dienone is 3. The maximum absolute atomic E-state index is 3.99. The molecule has 0 aliphatic heterocycles. The zero-order chi connectivity index (χ0) is 16.1. The monoisotopic (exact) mass is 314 g/mol.